The Morgan fingerprint density at radius 1 is 1.23 bits per heavy atom. The highest BCUT2D eigenvalue weighted by molar-refractivity contribution is 6.04. The number of hydrogen-bond acceptors (Lipinski definition) is 8. The number of rotatable bonds is 5. The SMILES string of the molecule is CC1=CC=CC(C)C(OC(N)=O)C(C)=CCC(O)CCC(C)Cc2c(O)c(cc(O)c2NCCN(C)C)NC1=O. The van der Waals surface area contributed by atoms with Gasteiger partial charge in [0.2, 0.25) is 0 Å². The molecule has 0 spiro atoms. The van der Waals surface area contributed by atoms with Gasteiger partial charge in [0.15, 0.2) is 0 Å². The second-order valence-electron chi connectivity index (χ2n) is 11.0. The molecule has 2 amide bonds. The fraction of sp³-hybridized carbons (Fsp3) is 0.533. The number of benzene rings is 1. The van der Waals surface area contributed by atoms with Crippen molar-refractivity contribution in [1.82, 2.24) is 4.90 Å². The number of nitrogens with one attached hydrogen (secondary N) is 2. The van der Waals surface area contributed by atoms with E-state index >= 15 is 0 Å². The van der Waals surface area contributed by atoms with Gasteiger partial charge in [-0.05, 0) is 65.1 Å². The van der Waals surface area contributed by atoms with Crippen molar-refractivity contribution in [1.29, 1.82) is 0 Å². The molecule has 1 aliphatic heterocycles. The van der Waals surface area contributed by atoms with Gasteiger partial charge in [0.25, 0.3) is 5.91 Å². The van der Waals surface area contributed by atoms with Gasteiger partial charge < -0.3 is 41.3 Å². The first kappa shape index (κ1) is 32.7. The number of amides is 2. The smallest absolute Gasteiger partial charge is 0.405 e. The lowest BCUT2D eigenvalue weighted by Crippen LogP contribution is -2.28. The summed E-state index contributed by atoms with van der Waals surface area (Å²) in [5.74, 6) is -0.834. The van der Waals surface area contributed by atoms with Crippen LogP contribution in [-0.4, -0.2) is 71.6 Å². The van der Waals surface area contributed by atoms with Gasteiger partial charge in [-0.3, -0.25) is 4.79 Å². The molecule has 2 rings (SSSR count). The van der Waals surface area contributed by atoms with Crippen LogP contribution >= 0.6 is 0 Å². The highest BCUT2D eigenvalue weighted by atomic mass is 16.6. The van der Waals surface area contributed by atoms with E-state index in [1.807, 2.05) is 45.8 Å². The molecule has 0 radical (unpaired) electrons. The van der Waals surface area contributed by atoms with Crippen molar-refractivity contribution in [2.45, 2.75) is 65.6 Å². The molecule has 0 saturated heterocycles. The summed E-state index contributed by atoms with van der Waals surface area (Å²) in [5.41, 5.74) is 7.49. The third-order valence-electron chi connectivity index (χ3n) is 7.03. The number of nitrogens with two attached hydrogens (primary N) is 1. The number of carbonyl (C=O) groups is 2. The Labute approximate surface area is 237 Å². The van der Waals surface area contributed by atoms with E-state index in [-0.39, 0.29) is 29.0 Å². The topological polar surface area (TPSA) is 157 Å². The summed E-state index contributed by atoms with van der Waals surface area (Å²) in [7, 11) is 3.89. The lowest BCUT2D eigenvalue weighted by atomic mass is 9.92. The molecule has 10 nitrogen and oxygen atoms in total. The fourth-order valence-corrected chi connectivity index (χ4v) is 4.60. The maximum atomic E-state index is 12.9. The van der Waals surface area contributed by atoms with Gasteiger partial charge in [-0.25, -0.2) is 4.79 Å². The van der Waals surface area contributed by atoms with E-state index in [2.05, 4.69) is 10.6 Å². The number of anilines is 2. The summed E-state index contributed by atoms with van der Waals surface area (Å²) in [4.78, 5) is 26.5. The van der Waals surface area contributed by atoms with Crippen molar-refractivity contribution >= 4 is 23.4 Å². The number of phenolic OH excluding ortho intramolecular Hbond substituents is 2. The van der Waals surface area contributed by atoms with Crippen molar-refractivity contribution in [2.75, 3.05) is 37.8 Å². The monoisotopic (exact) mass is 558 g/mol. The Morgan fingerprint density at radius 3 is 2.58 bits per heavy atom. The van der Waals surface area contributed by atoms with Crippen LogP contribution in [0.25, 0.3) is 0 Å². The van der Waals surface area contributed by atoms with Gasteiger partial charge in [0.1, 0.15) is 17.6 Å². The van der Waals surface area contributed by atoms with Crippen molar-refractivity contribution < 1.29 is 29.6 Å². The molecule has 0 aliphatic carbocycles. The van der Waals surface area contributed by atoms with E-state index in [0.717, 1.165) is 5.57 Å². The van der Waals surface area contributed by atoms with Crippen molar-refractivity contribution in [3.8, 4) is 11.5 Å². The van der Waals surface area contributed by atoms with Gasteiger partial charge in [-0.15, -0.1) is 0 Å². The van der Waals surface area contributed by atoms with Gasteiger partial charge in [-0.1, -0.05) is 38.2 Å². The van der Waals surface area contributed by atoms with E-state index in [1.165, 1.54) is 6.07 Å². The maximum Gasteiger partial charge on any atom is 0.405 e. The van der Waals surface area contributed by atoms with Crippen LogP contribution in [0, 0.1) is 11.8 Å². The number of allylic oxidation sites excluding steroid dienone is 2. The number of carbonyl (C=O) groups excluding carboxylic acids is 2. The predicted octanol–water partition coefficient (Wildman–Crippen LogP) is 4.28. The second-order valence-corrected chi connectivity index (χ2v) is 11.0. The Bertz CT molecular complexity index is 1130. The summed E-state index contributed by atoms with van der Waals surface area (Å²) in [6.45, 7) is 8.60. The fourth-order valence-electron chi connectivity index (χ4n) is 4.60. The molecule has 0 aromatic heterocycles. The molecular formula is C30H46N4O6. The summed E-state index contributed by atoms with van der Waals surface area (Å²) < 4.78 is 5.35. The van der Waals surface area contributed by atoms with E-state index in [4.69, 9.17) is 10.5 Å². The summed E-state index contributed by atoms with van der Waals surface area (Å²) >= 11 is 0. The number of likely N-dealkylation sites (N-methyl/N-ethyl adjacent to an activating group) is 1. The Kier molecular flexibility index (Phi) is 12.5. The second kappa shape index (κ2) is 15.3. The maximum absolute atomic E-state index is 12.9. The molecule has 4 unspecified atom stereocenters. The zero-order valence-corrected chi connectivity index (χ0v) is 24.5. The summed E-state index contributed by atoms with van der Waals surface area (Å²) in [6, 6.07) is 1.34. The standard InChI is InChI=1S/C30H46N4O6/c1-18-10-12-22(35)13-11-20(3)28(40-30(31)39)19(2)8-7-9-21(4)29(38)33-24-17-25(36)26(23(16-18)27(24)37)32-14-15-34(5)6/h7-9,11,17-19,22,28,32,35-37H,10,12-16H2,1-6H3,(H2,31,39)(H,33,38). The lowest BCUT2D eigenvalue weighted by Gasteiger charge is -2.23. The van der Waals surface area contributed by atoms with Crippen LogP contribution in [0.15, 0.2) is 41.5 Å². The molecule has 1 aliphatic rings. The summed E-state index contributed by atoms with van der Waals surface area (Å²) in [5, 5.41) is 38.7. The van der Waals surface area contributed by atoms with Crippen LogP contribution in [0.3, 0.4) is 0 Å². The number of aliphatic hydroxyl groups is 1. The van der Waals surface area contributed by atoms with Crippen molar-refractivity contribution in [3.63, 3.8) is 0 Å². The quantitative estimate of drug-likeness (QED) is 0.178. The molecule has 0 fully saturated rings. The number of fused-ring (bicyclic) bond motifs is 2. The molecule has 10 heteroatoms. The number of nitrogens with zero attached hydrogens (tertiary/aromatic N) is 1. The minimum Gasteiger partial charge on any atom is -0.506 e. The van der Waals surface area contributed by atoms with Gasteiger partial charge in [0, 0.05) is 36.2 Å². The van der Waals surface area contributed by atoms with Crippen LogP contribution in [0.4, 0.5) is 16.2 Å². The van der Waals surface area contributed by atoms with E-state index in [1.54, 1.807) is 25.2 Å². The molecule has 4 atom stereocenters. The first-order valence-electron chi connectivity index (χ1n) is 13.7. The van der Waals surface area contributed by atoms with E-state index in [0.29, 0.717) is 55.6 Å². The normalized spacial score (nSPS) is 23.2. The number of ether oxygens (including phenoxy) is 1. The van der Waals surface area contributed by atoms with Gasteiger partial charge in [0.05, 0.1) is 17.5 Å². The number of aromatic hydroxyl groups is 2. The largest absolute Gasteiger partial charge is 0.506 e. The zero-order valence-electron chi connectivity index (χ0n) is 24.5. The molecule has 1 aromatic carbocycles. The molecule has 222 valence electrons. The minimum atomic E-state index is -0.891. The Balaban J connectivity index is 2.48. The van der Waals surface area contributed by atoms with Crippen LogP contribution in [-0.2, 0) is 16.0 Å². The molecule has 1 aromatic rings. The first-order valence-corrected chi connectivity index (χ1v) is 13.7. The molecular weight excluding hydrogens is 512 g/mol. The number of phenols is 2. The van der Waals surface area contributed by atoms with Crippen LogP contribution in [0.5, 0.6) is 11.5 Å². The zero-order chi connectivity index (χ0) is 30.0. The number of hydrogen-bond donors (Lipinski definition) is 6. The average molecular weight is 559 g/mol. The van der Waals surface area contributed by atoms with Crippen LogP contribution in [0.1, 0.15) is 52.5 Å². The van der Waals surface area contributed by atoms with Crippen LogP contribution in [0.2, 0.25) is 0 Å². The van der Waals surface area contributed by atoms with Crippen molar-refractivity contribution in [2.24, 2.45) is 17.6 Å². The first-order chi connectivity index (χ1) is 18.8. The van der Waals surface area contributed by atoms with Gasteiger partial charge >= 0.3 is 6.09 Å². The van der Waals surface area contributed by atoms with E-state index < -0.39 is 24.2 Å². The lowest BCUT2D eigenvalue weighted by molar-refractivity contribution is -0.112. The highest BCUT2D eigenvalue weighted by Gasteiger charge is 2.23. The Morgan fingerprint density at radius 2 is 1.93 bits per heavy atom. The predicted molar refractivity (Wildman–Crippen MR) is 158 cm³/mol. The molecule has 1 heterocycles. The van der Waals surface area contributed by atoms with Gasteiger partial charge in [-0.2, -0.15) is 0 Å². The van der Waals surface area contributed by atoms with E-state index in [9.17, 15) is 24.9 Å². The molecule has 0 saturated carbocycles. The third kappa shape index (κ3) is 9.91. The Hall–Kier alpha value is -3.50. The molecule has 40 heavy (non-hydrogen) atoms. The third-order valence-corrected chi connectivity index (χ3v) is 7.03. The highest BCUT2D eigenvalue weighted by Crippen LogP contribution is 2.42. The number of aliphatic hydroxyl groups excluding tert-OH is 1. The summed E-state index contributed by atoms with van der Waals surface area (Å²) in [6.07, 6.45) is 6.79. The van der Waals surface area contributed by atoms with Crippen LogP contribution < -0.4 is 16.4 Å². The minimum absolute atomic E-state index is 0.0456. The molecule has 2 bridgehead atoms. The average Bonchev–Trinajstić information content (AvgIpc) is 2.87. The number of primary amides is 1. The molecule has 7 N–H and O–H groups in total. The van der Waals surface area contributed by atoms with Crippen molar-refractivity contribution in [3.05, 3.63) is 47.1 Å².